The molecule has 3 rings (SSSR count). The smallest absolute Gasteiger partial charge is 0.365 e. The van der Waals surface area contributed by atoms with E-state index < -0.39 is 5.97 Å². The Hall–Kier alpha value is -3.20. The lowest BCUT2D eigenvalue weighted by atomic mass is 10.2. The van der Waals surface area contributed by atoms with E-state index in [0.29, 0.717) is 5.16 Å². The molecule has 9 heteroatoms. The first-order valence-electron chi connectivity index (χ1n) is 7.67. The van der Waals surface area contributed by atoms with Crippen molar-refractivity contribution < 1.29 is 9.53 Å². The van der Waals surface area contributed by atoms with E-state index in [1.54, 1.807) is 0 Å². The van der Waals surface area contributed by atoms with Crippen molar-refractivity contribution in [2.24, 2.45) is 5.10 Å². The molecule has 1 aromatic heterocycles. The minimum Gasteiger partial charge on any atom is -0.464 e. The first-order valence-corrected chi connectivity index (χ1v) is 8.49. The van der Waals surface area contributed by atoms with Gasteiger partial charge in [-0.15, -0.1) is 5.10 Å². The van der Waals surface area contributed by atoms with Crippen LogP contribution < -0.4 is 5.43 Å². The van der Waals surface area contributed by atoms with E-state index in [1.165, 1.54) is 11.8 Å². The molecule has 0 fully saturated rings. The molecule has 132 valence electrons. The van der Waals surface area contributed by atoms with Crippen molar-refractivity contribution in [2.45, 2.75) is 12.1 Å². The van der Waals surface area contributed by atoms with Gasteiger partial charge in [0.15, 0.2) is 0 Å². The van der Waals surface area contributed by atoms with Crippen LogP contribution in [0.25, 0.3) is 5.69 Å². The predicted molar refractivity (Wildman–Crippen MR) is 99.3 cm³/mol. The summed E-state index contributed by atoms with van der Waals surface area (Å²) in [6, 6.07) is 17.0. The molecule has 1 heterocycles. The Labute approximate surface area is 154 Å². The van der Waals surface area contributed by atoms with Gasteiger partial charge < -0.3 is 4.74 Å². The van der Waals surface area contributed by atoms with Gasteiger partial charge in [-0.3, -0.25) is 5.43 Å². The van der Waals surface area contributed by atoms with Crippen LogP contribution in [0.3, 0.4) is 0 Å². The highest BCUT2D eigenvalue weighted by Gasteiger charge is 2.19. The van der Waals surface area contributed by atoms with Crippen molar-refractivity contribution >= 4 is 28.5 Å². The average molecular weight is 368 g/mol. The number of aromatic nitrogens is 4. The molecule has 0 unspecified atom stereocenters. The molecular formula is C17H16N6O2S. The Morgan fingerprint density at radius 3 is 2.58 bits per heavy atom. The number of tetrazole rings is 1. The molecule has 0 aliphatic heterocycles. The highest BCUT2D eigenvalue weighted by molar-refractivity contribution is 8.15. The fourth-order valence-electron chi connectivity index (χ4n) is 2.00. The standard InChI is InChI=1S/C17H16N6O2S/c1-12-8-10-13(11-9-12)18-19-15(16(24)25-2)26-17-20-21-22-23(17)14-6-4-3-5-7-14/h3-11,18H,1-2H3/b19-15+. The van der Waals surface area contributed by atoms with E-state index in [0.717, 1.165) is 28.7 Å². The van der Waals surface area contributed by atoms with Crippen molar-refractivity contribution in [3.05, 3.63) is 60.2 Å². The number of hydrogen-bond acceptors (Lipinski definition) is 8. The van der Waals surface area contributed by atoms with Crippen LogP contribution in [-0.4, -0.2) is 38.3 Å². The largest absolute Gasteiger partial charge is 0.464 e. The summed E-state index contributed by atoms with van der Waals surface area (Å²) < 4.78 is 6.33. The number of ether oxygens (including phenoxy) is 1. The Morgan fingerprint density at radius 1 is 1.15 bits per heavy atom. The zero-order valence-corrected chi connectivity index (χ0v) is 15.0. The number of anilines is 1. The lowest BCUT2D eigenvalue weighted by Gasteiger charge is -2.06. The molecule has 0 spiro atoms. The molecule has 0 bridgehead atoms. The second-order valence-corrected chi connectivity index (χ2v) is 6.15. The Balaban J connectivity index is 1.84. The van der Waals surface area contributed by atoms with E-state index >= 15 is 0 Å². The summed E-state index contributed by atoms with van der Waals surface area (Å²) in [5.41, 5.74) is 5.50. The molecule has 26 heavy (non-hydrogen) atoms. The monoisotopic (exact) mass is 368 g/mol. The fraction of sp³-hybridized carbons (Fsp3) is 0.118. The normalized spacial score (nSPS) is 11.2. The number of esters is 1. The van der Waals surface area contributed by atoms with Crippen molar-refractivity contribution in [2.75, 3.05) is 12.5 Å². The quantitative estimate of drug-likeness (QED) is 0.249. The Bertz CT molecular complexity index is 909. The molecule has 0 radical (unpaired) electrons. The van der Waals surface area contributed by atoms with Crippen LogP contribution in [0.15, 0.2) is 64.9 Å². The summed E-state index contributed by atoms with van der Waals surface area (Å²) in [6.07, 6.45) is 0. The van der Waals surface area contributed by atoms with E-state index in [4.69, 9.17) is 4.74 Å². The molecule has 0 aliphatic carbocycles. The van der Waals surface area contributed by atoms with Gasteiger partial charge in [0, 0.05) is 0 Å². The summed E-state index contributed by atoms with van der Waals surface area (Å²) in [7, 11) is 1.30. The zero-order valence-electron chi connectivity index (χ0n) is 14.2. The van der Waals surface area contributed by atoms with Gasteiger partial charge in [0.2, 0.25) is 10.2 Å². The Kier molecular flexibility index (Phi) is 5.59. The summed E-state index contributed by atoms with van der Waals surface area (Å²) in [5, 5.41) is 16.2. The van der Waals surface area contributed by atoms with Gasteiger partial charge >= 0.3 is 5.97 Å². The van der Waals surface area contributed by atoms with Crippen molar-refractivity contribution in [1.82, 2.24) is 20.2 Å². The molecule has 0 aliphatic rings. The van der Waals surface area contributed by atoms with Crippen molar-refractivity contribution in [3.63, 3.8) is 0 Å². The van der Waals surface area contributed by atoms with Crippen LogP contribution >= 0.6 is 11.8 Å². The van der Waals surface area contributed by atoms with Crippen molar-refractivity contribution in [1.29, 1.82) is 0 Å². The zero-order chi connectivity index (χ0) is 18.4. The van der Waals surface area contributed by atoms with Gasteiger partial charge in [-0.05, 0) is 53.4 Å². The maximum Gasteiger partial charge on any atom is 0.365 e. The van der Waals surface area contributed by atoms with Gasteiger partial charge in [0.25, 0.3) is 0 Å². The minimum atomic E-state index is -0.586. The number of hydrogen-bond donors (Lipinski definition) is 1. The fourth-order valence-corrected chi connectivity index (χ4v) is 2.74. The molecule has 8 nitrogen and oxygen atoms in total. The van der Waals surface area contributed by atoms with Crippen LogP contribution in [0.5, 0.6) is 0 Å². The molecule has 0 atom stereocenters. The lowest BCUT2D eigenvalue weighted by Crippen LogP contribution is -2.15. The predicted octanol–water partition coefficient (Wildman–Crippen LogP) is 2.66. The van der Waals surface area contributed by atoms with Crippen LogP contribution in [0.4, 0.5) is 5.69 Å². The van der Waals surface area contributed by atoms with Crippen LogP contribution in [0, 0.1) is 6.92 Å². The topological polar surface area (TPSA) is 94.3 Å². The number of thioether (sulfide) groups is 1. The number of para-hydroxylation sites is 1. The first kappa shape index (κ1) is 17.6. The number of rotatable bonds is 4. The molecule has 2 aromatic carbocycles. The maximum absolute atomic E-state index is 12.1. The number of carbonyl (C=O) groups is 1. The van der Waals surface area contributed by atoms with Crippen LogP contribution in [0.2, 0.25) is 0 Å². The second kappa shape index (κ2) is 8.26. The summed E-state index contributed by atoms with van der Waals surface area (Å²) in [5.74, 6) is -0.586. The number of carbonyl (C=O) groups excluding carboxylic acids is 1. The minimum absolute atomic E-state index is 0.0834. The highest BCUT2D eigenvalue weighted by Crippen LogP contribution is 2.21. The number of hydrazone groups is 1. The number of nitrogens with zero attached hydrogens (tertiary/aromatic N) is 5. The van der Waals surface area contributed by atoms with Gasteiger partial charge in [-0.2, -0.15) is 9.78 Å². The molecule has 1 N–H and O–H groups in total. The van der Waals surface area contributed by atoms with Crippen LogP contribution in [0.1, 0.15) is 5.56 Å². The van der Waals surface area contributed by atoms with Gasteiger partial charge in [0.05, 0.1) is 18.5 Å². The first-order chi connectivity index (χ1) is 12.7. The number of methoxy groups -OCH3 is 1. The van der Waals surface area contributed by atoms with E-state index in [-0.39, 0.29) is 5.04 Å². The summed E-state index contributed by atoms with van der Waals surface area (Å²) in [4.78, 5) is 12.1. The Morgan fingerprint density at radius 2 is 1.88 bits per heavy atom. The third kappa shape index (κ3) is 4.25. The van der Waals surface area contributed by atoms with E-state index in [1.807, 2.05) is 61.5 Å². The highest BCUT2D eigenvalue weighted by atomic mass is 32.2. The molecule has 0 saturated heterocycles. The SMILES string of the molecule is COC(=O)/C(=N\Nc1ccc(C)cc1)Sc1nnnn1-c1ccccc1. The summed E-state index contributed by atoms with van der Waals surface area (Å²) in [6.45, 7) is 1.99. The molecule has 0 amide bonds. The van der Waals surface area contributed by atoms with Gasteiger partial charge in [-0.1, -0.05) is 35.9 Å². The molecule has 3 aromatic rings. The lowest BCUT2D eigenvalue weighted by molar-refractivity contribution is -0.132. The number of benzene rings is 2. The number of nitrogens with one attached hydrogen (secondary N) is 1. The van der Waals surface area contributed by atoms with Crippen molar-refractivity contribution in [3.8, 4) is 5.69 Å². The van der Waals surface area contributed by atoms with Gasteiger partial charge in [0.1, 0.15) is 0 Å². The second-order valence-electron chi connectivity index (χ2n) is 5.20. The third-order valence-corrected chi connectivity index (χ3v) is 4.22. The molecular weight excluding hydrogens is 352 g/mol. The van der Waals surface area contributed by atoms with Crippen LogP contribution in [-0.2, 0) is 9.53 Å². The third-order valence-electron chi connectivity index (χ3n) is 3.33. The summed E-state index contributed by atoms with van der Waals surface area (Å²) >= 11 is 1.01. The van der Waals surface area contributed by atoms with Gasteiger partial charge in [-0.25, -0.2) is 4.79 Å². The van der Waals surface area contributed by atoms with E-state index in [9.17, 15) is 4.79 Å². The maximum atomic E-state index is 12.1. The number of aryl methyl sites for hydroxylation is 1. The average Bonchev–Trinajstić information content (AvgIpc) is 3.14. The molecule has 0 saturated carbocycles. The van der Waals surface area contributed by atoms with E-state index in [2.05, 4.69) is 26.1 Å².